The predicted octanol–water partition coefficient (Wildman–Crippen LogP) is 3.38. The molecule has 1 aromatic rings. The van der Waals surface area contributed by atoms with E-state index in [1.807, 2.05) is 11.3 Å². The van der Waals surface area contributed by atoms with Crippen molar-refractivity contribution in [1.82, 2.24) is 5.32 Å². The van der Waals surface area contributed by atoms with Crippen molar-refractivity contribution >= 4 is 11.3 Å². The topological polar surface area (TPSA) is 12.0 Å². The van der Waals surface area contributed by atoms with Crippen LogP contribution < -0.4 is 5.32 Å². The van der Waals surface area contributed by atoms with Gasteiger partial charge in [-0.1, -0.05) is 6.92 Å². The molecule has 14 heavy (non-hydrogen) atoms. The zero-order valence-electron chi connectivity index (χ0n) is 9.31. The molecule has 1 aromatic heterocycles. The van der Waals surface area contributed by atoms with E-state index in [1.54, 1.807) is 4.88 Å². The maximum Gasteiger partial charge on any atom is 0.00744 e. The van der Waals surface area contributed by atoms with Crippen LogP contribution in [0.25, 0.3) is 0 Å². The smallest absolute Gasteiger partial charge is 0.00744 e. The zero-order valence-corrected chi connectivity index (χ0v) is 10.1. The van der Waals surface area contributed by atoms with E-state index in [4.69, 9.17) is 0 Å². The summed E-state index contributed by atoms with van der Waals surface area (Å²) in [6.45, 7) is 6.76. The van der Waals surface area contributed by atoms with Crippen LogP contribution in [0.4, 0.5) is 0 Å². The van der Waals surface area contributed by atoms with Crippen molar-refractivity contribution in [2.45, 2.75) is 39.5 Å². The van der Waals surface area contributed by atoms with Crippen LogP contribution in [0.15, 0.2) is 11.4 Å². The molecule has 1 nitrogen and oxygen atoms in total. The van der Waals surface area contributed by atoms with Crippen molar-refractivity contribution in [2.24, 2.45) is 0 Å². The van der Waals surface area contributed by atoms with Crippen LogP contribution in [0.2, 0.25) is 0 Å². The molecule has 0 spiro atoms. The molecule has 0 aromatic carbocycles. The van der Waals surface area contributed by atoms with Crippen LogP contribution >= 0.6 is 11.3 Å². The van der Waals surface area contributed by atoms with Crippen LogP contribution in [0, 0.1) is 6.92 Å². The molecular weight excluding hydrogens is 190 g/mol. The summed E-state index contributed by atoms with van der Waals surface area (Å²) in [5, 5.41) is 5.63. The van der Waals surface area contributed by atoms with Crippen molar-refractivity contribution in [3.05, 3.63) is 21.9 Å². The van der Waals surface area contributed by atoms with Gasteiger partial charge in [0.2, 0.25) is 0 Å². The summed E-state index contributed by atoms with van der Waals surface area (Å²) in [5.74, 6) is 0. The minimum absolute atomic E-state index is 1.16. The molecule has 0 atom stereocenters. The number of thiophene rings is 1. The van der Waals surface area contributed by atoms with Crippen LogP contribution in [0.3, 0.4) is 0 Å². The maximum absolute atomic E-state index is 3.43. The molecule has 0 fully saturated rings. The van der Waals surface area contributed by atoms with Gasteiger partial charge in [-0.3, -0.25) is 0 Å². The van der Waals surface area contributed by atoms with Crippen molar-refractivity contribution in [3.8, 4) is 0 Å². The largest absolute Gasteiger partial charge is 0.317 e. The van der Waals surface area contributed by atoms with Gasteiger partial charge in [0.25, 0.3) is 0 Å². The van der Waals surface area contributed by atoms with Crippen molar-refractivity contribution in [1.29, 1.82) is 0 Å². The molecule has 0 aliphatic rings. The first-order valence-electron chi connectivity index (χ1n) is 5.58. The second kappa shape index (κ2) is 7.02. The summed E-state index contributed by atoms with van der Waals surface area (Å²) in [5.41, 5.74) is 1.47. The standard InChI is InChI=1S/C12H21NS/c1-3-8-13-9-5-4-6-12-11(2)7-10-14-12/h7,10,13H,3-6,8-9H2,1-2H3. The summed E-state index contributed by atoms with van der Waals surface area (Å²) in [4.78, 5) is 1.57. The normalized spacial score (nSPS) is 10.7. The van der Waals surface area contributed by atoms with E-state index in [1.165, 1.54) is 37.8 Å². The number of rotatable bonds is 7. The van der Waals surface area contributed by atoms with Gasteiger partial charge in [-0.05, 0) is 62.7 Å². The third kappa shape index (κ3) is 4.25. The Hall–Kier alpha value is -0.340. The van der Waals surface area contributed by atoms with E-state index in [9.17, 15) is 0 Å². The van der Waals surface area contributed by atoms with E-state index < -0.39 is 0 Å². The Morgan fingerprint density at radius 1 is 1.29 bits per heavy atom. The lowest BCUT2D eigenvalue weighted by Crippen LogP contribution is -2.15. The molecule has 0 saturated carbocycles. The number of hydrogen-bond donors (Lipinski definition) is 1. The maximum atomic E-state index is 3.43. The predicted molar refractivity (Wildman–Crippen MR) is 65.2 cm³/mol. The Bertz CT molecular complexity index is 242. The van der Waals surface area contributed by atoms with Crippen molar-refractivity contribution in [2.75, 3.05) is 13.1 Å². The Morgan fingerprint density at radius 2 is 2.14 bits per heavy atom. The van der Waals surface area contributed by atoms with Gasteiger partial charge in [-0.25, -0.2) is 0 Å². The highest BCUT2D eigenvalue weighted by Gasteiger charge is 1.98. The molecule has 80 valence electrons. The fourth-order valence-electron chi connectivity index (χ4n) is 1.50. The van der Waals surface area contributed by atoms with Crippen LogP contribution in [0.5, 0.6) is 0 Å². The second-order valence-corrected chi connectivity index (χ2v) is 4.73. The molecule has 1 N–H and O–H groups in total. The molecule has 0 saturated heterocycles. The first-order chi connectivity index (χ1) is 6.84. The molecule has 0 radical (unpaired) electrons. The Balaban J connectivity index is 2.02. The summed E-state index contributed by atoms with van der Waals surface area (Å²) in [6.07, 6.45) is 5.12. The highest BCUT2D eigenvalue weighted by molar-refractivity contribution is 7.10. The number of nitrogens with one attached hydrogen (secondary N) is 1. The Kier molecular flexibility index (Phi) is 5.88. The molecule has 0 amide bonds. The Labute approximate surface area is 91.5 Å². The second-order valence-electron chi connectivity index (χ2n) is 3.73. The third-order valence-corrected chi connectivity index (χ3v) is 3.49. The Morgan fingerprint density at radius 3 is 2.79 bits per heavy atom. The van der Waals surface area contributed by atoms with Gasteiger partial charge >= 0.3 is 0 Å². The quantitative estimate of drug-likeness (QED) is 0.682. The molecule has 0 aliphatic carbocycles. The van der Waals surface area contributed by atoms with Crippen LogP contribution in [-0.4, -0.2) is 13.1 Å². The number of unbranched alkanes of at least 4 members (excludes halogenated alkanes) is 1. The average molecular weight is 211 g/mol. The first-order valence-corrected chi connectivity index (χ1v) is 6.46. The summed E-state index contributed by atoms with van der Waals surface area (Å²) in [6, 6.07) is 2.22. The fourth-order valence-corrected chi connectivity index (χ4v) is 2.45. The highest BCUT2D eigenvalue weighted by atomic mass is 32.1. The molecule has 0 unspecified atom stereocenters. The van der Waals surface area contributed by atoms with E-state index >= 15 is 0 Å². The van der Waals surface area contributed by atoms with Crippen molar-refractivity contribution in [3.63, 3.8) is 0 Å². The van der Waals surface area contributed by atoms with E-state index in [0.717, 1.165) is 6.54 Å². The van der Waals surface area contributed by atoms with Gasteiger partial charge in [-0.2, -0.15) is 0 Å². The lowest BCUT2D eigenvalue weighted by atomic mass is 10.1. The monoisotopic (exact) mass is 211 g/mol. The highest BCUT2D eigenvalue weighted by Crippen LogP contribution is 2.17. The van der Waals surface area contributed by atoms with Gasteiger partial charge < -0.3 is 5.32 Å². The summed E-state index contributed by atoms with van der Waals surface area (Å²) in [7, 11) is 0. The molecule has 2 heteroatoms. The third-order valence-electron chi connectivity index (χ3n) is 2.40. The van der Waals surface area contributed by atoms with E-state index in [0.29, 0.717) is 0 Å². The van der Waals surface area contributed by atoms with Gasteiger partial charge in [-0.15, -0.1) is 11.3 Å². The molecule has 1 heterocycles. The van der Waals surface area contributed by atoms with Crippen LogP contribution in [-0.2, 0) is 6.42 Å². The van der Waals surface area contributed by atoms with E-state index in [-0.39, 0.29) is 0 Å². The SMILES string of the molecule is CCCNCCCCc1sccc1C. The molecular formula is C12H21NS. The minimum Gasteiger partial charge on any atom is -0.317 e. The summed E-state index contributed by atoms with van der Waals surface area (Å²) < 4.78 is 0. The molecule has 1 rings (SSSR count). The van der Waals surface area contributed by atoms with Crippen LogP contribution in [0.1, 0.15) is 36.6 Å². The molecule has 0 bridgehead atoms. The minimum atomic E-state index is 1.16. The van der Waals surface area contributed by atoms with Crippen molar-refractivity contribution < 1.29 is 0 Å². The lowest BCUT2D eigenvalue weighted by molar-refractivity contribution is 0.618. The molecule has 0 aliphatic heterocycles. The fraction of sp³-hybridized carbons (Fsp3) is 0.667. The first kappa shape index (κ1) is 11.7. The van der Waals surface area contributed by atoms with Gasteiger partial charge in [0.1, 0.15) is 0 Å². The number of hydrogen-bond acceptors (Lipinski definition) is 2. The van der Waals surface area contributed by atoms with Gasteiger partial charge in [0.05, 0.1) is 0 Å². The lowest BCUT2D eigenvalue weighted by Gasteiger charge is -2.02. The van der Waals surface area contributed by atoms with E-state index in [2.05, 4.69) is 30.6 Å². The summed E-state index contributed by atoms with van der Waals surface area (Å²) >= 11 is 1.90. The van der Waals surface area contributed by atoms with Gasteiger partial charge in [0.15, 0.2) is 0 Å². The van der Waals surface area contributed by atoms with Gasteiger partial charge in [0, 0.05) is 4.88 Å². The zero-order chi connectivity index (χ0) is 10.2. The number of aryl methyl sites for hydroxylation is 2. The average Bonchev–Trinajstić information content (AvgIpc) is 2.58.